The van der Waals surface area contributed by atoms with Gasteiger partial charge in [-0.2, -0.15) is 0 Å². The molecule has 0 amide bonds. The number of rotatable bonds is 3. The molecule has 0 N–H and O–H groups in total. The van der Waals surface area contributed by atoms with E-state index in [9.17, 15) is 13.6 Å². The van der Waals surface area contributed by atoms with Crippen molar-refractivity contribution in [1.82, 2.24) is 4.90 Å². The van der Waals surface area contributed by atoms with Crippen LogP contribution in [-0.2, 0) is 11.3 Å². The molecule has 1 unspecified atom stereocenters. The highest BCUT2D eigenvalue weighted by molar-refractivity contribution is 6.30. The smallest absolute Gasteiger partial charge is 0.254 e. The number of hydrogen-bond donors (Lipinski definition) is 0. The van der Waals surface area contributed by atoms with Crippen molar-refractivity contribution in [2.45, 2.75) is 45.7 Å². The number of Topliss-reactive ketones (excluding diaryl/α,β-unsaturated/α-hetero) is 1. The Bertz CT molecular complexity index is 422. The van der Waals surface area contributed by atoms with Gasteiger partial charge < -0.3 is 0 Å². The zero-order valence-electron chi connectivity index (χ0n) is 11.8. The lowest BCUT2D eigenvalue weighted by Gasteiger charge is -2.34. The average Bonchev–Trinajstić information content (AvgIpc) is 2.45. The van der Waals surface area contributed by atoms with Gasteiger partial charge in [0.1, 0.15) is 5.78 Å². The molecule has 1 fully saturated rings. The van der Waals surface area contributed by atoms with Crippen molar-refractivity contribution in [3.05, 3.63) is 34.9 Å². The molecule has 5 heteroatoms. The summed E-state index contributed by atoms with van der Waals surface area (Å²) in [6.07, 6.45) is -2.18. The molecule has 0 radical (unpaired) electrons. The summed E-state index contributed by atoms with van der Waals surface area (Å²) in [4.78, 5) is 12.9. The van der Waals surface area contributed by atoms with E-state index in [1.807, 2.05) is 26.0 Å². The van der Waals surface area contributed by atoms with E-state index in [-0.39, 0.29) is 12.2 Å². The van der Waals surface area contributed by atoms with Crippen LogP contribution >= 0.6 is 11.6 Å². The van der Waals surface area contributed by atoms with Gasteiger partial charge in [0.15, 0.2) is 0 Å². The van der Waals surface area contributed by atoms with E-state index in [1.54, 1.807) is 17.0 Å². The number of benzene rings is 1. The quantitative estimate of drug-likeness (QED) is 0.835. The maximum atomic E-state index is 12.9. The van der Waals surface area contributed by atoms with Crippen LogP contribution < -0.4 is 0 Å². The lowest BCUT2D eigenvalue weighted by Crippen LogP contribution is -2.46. The van der Waals surface area contributed by atoms with Crippen LogP contribution in [0, 0.1) is 0 Å². The normalized spacial score (nSPS) is 19.7. The van der Waals surface area contributed by atoms with Crippen molar-refractivity contribution >= 4 is 17.4 Å². The highest BCUT2D eigenvalue weighted by Gasteiger charge is 2.33. The van der Waals surface area contributed by atoms with E-state index in [0.717, 1.165) is 5.56 Å². The van der Waals surface area contributed by atoms with Crippen molar-refractivity contribution in [3.8, 4) is 0 Å². The summed E-state index contributed by atoms with van der Waals surface area (Å²) in [6.45, 7) is 4.83. The number of carbonyl (C=O) groups is 1. The first kappa shape index (κ1) is 17.1. The number of likely N-dealkylation sites (tertiary alicyclic amines) is 1. The van der Waals surface area contributed by atoms with Crippen LogP contribution in [0.5, 0.6) is 0 Å². The van der Waals surface area contributed by atoms with Crippen LogP contribution in [0.25, 0.3) is 0 Å². The summed E-state index contributed by atoms with van der Waals surface area (Å²) in [5.41, 5.74) is 0.930. The number of carbonyl (C=O) groups excluding carboxylic acids is 1. The van der Waals surface area contributed by atoms with Crippen LogP contribution in [0.4, 0.5) is 8.78 Å². The van der Waals surface area contributed by atoms with Crippen LogP contribution in [0.2, 0.25) is 5.02 Å². The Hall–Kier alpha value is -1.00. The van der Waals surface area contributed by atoms with Gasteiger partial charge in [0.05, 0.1) is 6.04 Å². The average molecular weight is 304 g/mol. The fourth-order valence-electron chi connectivity index (χ4n) is 2.17. The fraction of sp³-hybridized carbons (Fsp3) is 0.533. The van der Waals surface area contributed by atoms with Gasteiger partial charge in [-0.25, -0.2) is 8.78 Å². The van der Waals surface area contributed by atoms with Crippen molar-refractivity contribution in [3.63, 3.8) is 0 Å². The van der Waals surface area contributed by atoms with E-state index >= 15 is 0 Å². The Kier molecular flexibility index (Phi) is 7.10. The summed E-state index contributed by atoms with van der Waals surface area (Å²) < 4.78 is 25.8. The molecule has 2 nitrogen and oxygen atoms in total. The van der Waals surface area contributed by atoms with E-state index in [4.69, 9.17) is 11.6 Å². The topological polar surface area (TPSA) is 20.3 Å². The molecule has 0 spiro atoms. The largest absolute Gasteiger partial charge is 0.300 e. The van der Waals surface area contributed by atoms with Crippen molar-refractivity contribution < 1.29 is 13.6 Å². The van der Waals surface area contributed by atoms with E-state index in [2.05, 4.69) is 0 Å². The molecule has 20 heavy (non-hydrogen) atoms. The third kappa shape index (κ3) is 4.84. The summed E-state index contributed by atoms with van der Waals surface area (Å²) in [7, 11) is 0. The van der Waals surface area contributed by atoms with Crippen LogP contribution in [-0.4, -0.2) is 29.7 Å². The Morgan fingerprint density at radius 3 is 2.45 bits per heavy atom. The molecule has 1 aliphatic heterocycles. The molecule has 2 rings (SSSR count). The number of halogens is 3. The number of nitrogens with zero attached hydrogens (tertiary/aromatic N) is 1. The van der Waals surface area contributed by atoms with E-state index in [0.29, 0.717) is 24.5 Å². The highest BCUT2D eigenvalue weighted by atomic mass is 35.5. The zero-order valence-corrected chi connectivity index (χ0v) is 12.5. The molecule has 1 aromatic rings. The Morgan fingerprint density at radius 1 is 1.30 bits per heavy atom. The highest BCUT2D eigenvalue weighted by Crippen LogP contribution is 2.23. The molecule has 1 atom stereocenters. The molecule has 0 bridgehead atoms. The SMILES string of the molecule is CC.O=C1CCN(Cc2ccc(Cl)cc2)C(C(F)F)C1. The minimum absolute atomic E-state index is 0.0503. The second-order valence-electron chi connectivity index (χ2n) is 4.49. The molecule has 1 saturated heterocycles. The number of alkyl halides is 2. The van der Waals surface area contributed by atoms with Gasteiger partial charge in [0.2, 0.25) is 0 Å². The van der Waals surface area contributed by atoms with Gasteiger partial charge >= 0.3 is 0 Å². The summed E-state index contributed by atoms with van der Waals surface area (Å²) >= 11 is 5.77. The van der Waals surface area contributed by atoms with Crippen LogP contribution in [0.15, 0.2) is 24.3 Å². The number of ketones is 1. The third-order valence-corrected chi connectivity index (χ3v) is 3.43. The first-order valence-electron chi connectivity index (χ1n) is 6.84. The first-order valence-corrected chi connectivity index (χ1v) is 7.22. The van der Waals surface area contributed by atoms with Crippen molar-refractivity contribution in [1.29, 1.82) is 0 Å². The number of hydrogen-bond acceptors (Lipinski definition) is 2. The predicted molar refractivity (Wildman–Crippen MR) is 77.2 cm³/mol. The second-order valence-corrected chi connectivity index (χ2v) is 4.93. The van der Waals surface area contributed by atoms with Gasteiger partial charge in [-0.1, -0.05) is 37.6 Å². The Balaban J connectivity index is 0.000000956. The maximum Gasteiger partial charge on any atom is 0.254 e. The maximum absolute atomic E-state index is 12.9. The Labute approximate surface area is 123 Å². The Morgan fingerprint density at radius 2 is 1.90 bits per heavy atom. The molecular formula is C15H20ClF2NO. The summed E-state index contributed by atoms with van der Waals surface area (Å²) in [6, 6.07) is 6.16. The van der Waals surface area contributed by atoms with Gasteiger partial charge in [-0.3, -0.25) is 9.69 Å². The van der Waals surface area contributed by atoms with Gasteiger partial charge in [-0.15, -0.1) is 0 Å². The first-order chi connectivity index (χ1) is 9.56. The lowest BCUT2D eigenvalue weighted by atomic mass is 10.0. The van der Waals surface area contributed by atoms with Crippen molar-refractivity contribution in [2.75, 3.05) is 6.54 Å². The minimum Gasteiger partial charge on any atom is -0.300 e. The van der Waals surface area contributed by atoms with Crippen molar-refractivity contribution in [2.24, 2.45) is 0 Å². The molecule has 112 valence electrons. The summed E-state index contributed by atoms with van der Waals surface area (Å²) in [5.74, 6) is -0.0762. The second kappa shape index (κ2) is 8.32. The van der Waals surface area contributed by atoms with Gasteiger partial charge in [-0.05, 0) is 17.7 Å². The fourth-order valence-corrected chi connectivity index (χ4v) is 2.29. The zero-order chi connectivity index (χ0) is 15.1. The lowest BCUT2D eigenvalue weighted by molar-refractivity contribution is -0.126. The third-order valence-electron chi connectivity index (χ3n) is 3.17. The van der Waals surface area contributed by atoms with Crippen LogP contribution in [0.3, 0.4) is 0 Å². The van der Waals surface area contributed by atoms with E-state index in [1.165, 1.54) is 0 Å². The molecule has 1 aliphatic rings. The molecule has 0 aromatic heterocycles. The molecule has 0 saturated carbocycles. The summed E-state index contributed by atoms with van der Waals surface area (Å²) in [5, 5.41) is 0.623. The standard InChI is InChI=1S/C13H14ClF2NO.C2H6/c14-10-3-1-9(2-4-10)8-17-6-5-11(18)7-12(17)13(15)16;1-2/h1-4,12-13H,5-8H2;1-2H3. The monoisotopic (exact) mass is 303 g/mol. The van der Waals surface area contributed by atoms with Crippen LogP contribution in [0.1, 0.15) is 32.3 Å². The molecule has 0 aliphatic carbocycles. The number of piperidine rings is 1. The molecule has 1 heterocycles. The molecular weight excluding hydrogens is 284 g/mol. The minimum atomic E-state index is -2.48. The molecule has 1 aromatic carbocycles. The van der Waals surface area contributed by atoms with E-state index < -0.39 is 12.5 Å². The van der Waals surface area contributed by atoms with Gasteiger partial charge in [0.25, 0.3) is 6.43 Å². The predicted octanol–water partition coefficient (Wildman–Crippen LogP) is 4.16. The van der Waals surface area contributed by atoms with Gasteiger partial charge in [0, 0.05) is 31.0 Å².